The van der Waals surface area contributed by atoms with Gasteiger partial charge in [-0.05, 0) is 61.1 Å². The normalized spacial score (nSPS) is 10.8. The zero-order valence-electron chi connectivity index (χ0n) is 11.2. The van der Waals surface area contributed by atoms with Crippen molar-refractivity contribution in [1.82, 2.24) is 14.8 Å². The van der Waals surface area contributed by atoms with Gasteiger partial charge in [0.25, 0.3) is 0 Å². The number of hydrogen-bond acceptors (Lipinski definition) is 3. The van der Waals surface area contributed by atoms with E-state index in [0.29, 0.717) is 21.2 Å². The number of aromatic nitrogens is 3. The molecule has 0 amide bonds. The van der Waals surface area contributed by atoms with Gasteiger partial charge in [-0.2, -0.15) is 5.10 Å². The zero-order chi connectivity index (χ0) is 15.0. The molecule has 0 aliphatic carbocycles. The second-order valence-electron chi connectivity index (χ2n) is 4.68. The Morgan fingerprint density at radius 3 is 2.57 bits per heavy atom. The van der Waals surface area contributed by atoms with Crippen LogP contribution in [0.15, 0.2) is 42.5 Å². The van der Waals surface area contributed by atoms with E-state index in [1.54, 1.807) is 22.8 Å². The molecular formula is C15H12ClN3OS. The third-order valence-electron chi connectivity index (χ3n) is 3.15. The number of nitrogens with one attached hydrogen (secondary N) is 1. The van der Waals surface area contributed by atoms with Crippen LogP contribution in [0.3, 0.4) is 0 Å². The highest BCUT2D eigenvalue weighted by atomic mass is 35.5. The zero-order valence-corrected chi connectivity index (χ0v) is 12.7. The third-order valence-corrected chi connectivity index (χ3v) is 3.68. The minimum Gasteiger partial charge on any atom is -0.507 e. The van der Waals surface area contributed by atoms with Crippen molar-refractivity contribution in [3.05, 3.63) is 57.8 Å². The van der Waals surface area contributed by atoms with Crippen molar-refractivity contribution in [3.63, 3.8) is 0 Å². The van der Waals surface area contributed by atoms with Crippen molar-refractivity contribution in [1.29, 1.82) is 0 Å². The Morgan fingerprint density at radius 1 is 1.19 bits per heavy atom. The molecule has 0 bridgehead atoms. The van der Waals surface area contributed by atoms with Gasteiger partial charge in [0.15, 0.2) is 10.6 Å². The largest absolute Gasteiger partial charge is 0.507 e. The molecule has 106 valence electrons. The smallest absolute Gasteiger partial charge is 0.200 e. The van der Waals surface area contributed by atoms with Gasteiger partial charge in [0.05, 0.1) is 11.3 Å². The number of rotatable bonds is 2. The van der Waals surface area contributed by atoms with Gasteiger partial charge in [0.2, 0.25) is 0 Å². The minimum atomic E-state index is 0.166. The first-order valence-electron chi connectivity index (χ1n) is 6.29. The SMILES string of the molecule is Cc1ccc(-c2n[nH]c(=S)n2-c2ccc(Cl)cc2)c(O)c1. The lowest BCUT2D eigenvalue weighted by molar-refractivity contribution is 0.476. The number of aromatic amines is 1. The molecule has 1 heterocycles. The lowest BCUT2D eigenvalue weighted by Gasteiger charge is -2.09. The molecule has 0 unspecified atom stereocenters. The van der Waals surface area contributed by atoms with Crippen molar-refractivity contribution >= 4 is 23.8 Å². The molecule has 3 rings (SSSR count). The number of phenols is 1. The molecule has 3 aromatic rings. The third kappa shape index (κ3) is 2.57. The Bertz CT molecular complexity index is 852. The lowest BCUT2D eigenvalue weighted by Crippen LogP contribution is -1.97. The van der Waals surface area contributed by atoms with Crippen LogP contribution in [0.2, 0.25) is 5.02 Å². The van der Waals surface area contributed by atoms with E-state index in [-0.39, 0.29) is 5.75 Å². The quantitative estimate of drug-likeness (QED) is 0.694. The standard InChI is InChI=1S/C15H12ClN3OS/c1-9-2-7-12(13(20)8-9)14-17-18-15(21)19(14)11-5-3-10(16)4-6-11/h2-8,20H,1H3,(H,18,21). The van der Waals surface area contributed by atoms with Crippen LogP contribution in [0.1, 0.15) is 5.56 Å². The molecule has 0 spiro atoms. The van der Waals surface area contributed by atoms with Crippen LogP contribution in [0.25, 0.3) is 17.1 Å². The van der Waals surface area contributed by atoms with Crippen molar-refractivity contribution in [2.24, 2.45) is 0 Å². The predicted molar refractivity (Wildman–Crippen MR) is 85.6 cm³/mol. The Labute approximate surface area is 131 Å². The van der Waals surface area contributed by atoms with Crippen LogP contribution >= 0.6 is 23.8 Å². The fourth-order valence-electron chi connectivity index (χ4n) is 2.14. The van der Waals surface area contributed by atoms with E-state index in [1.807, 2.05) is 31.2 Å². The maximum absolute atomic E-state index is 10.1. The van der Waals surface area contributed by atoms with Crippen LogP contribution in [-0.2, 0) is 0 Å². The van der Waals surface area contributed by atoms with E-state index >= 15 is 0 Å². The number of halogens is 1. The molecule has 6 heteroatoms. The average Bonchev–Trinajstić information content (AvgIpc) is 2.82. The molecule has 4 nitrogen and oxygen atoms in total. The number of nitrogens with zero attached hydrogens (tertiary/aromatic N) is 2. The van der Waals surface area contributed by atoms with Gasteiger partial charge in [-0.15, -0.1) is 0 Å². The summed E-state index contributed by atoms with van der Waals surface area (Å²) in [5, 5.41) is 17.8. The summed E-state index contributed by atoms with van der Waals surface area (Å²) in [6, 6.07) is 12.7. The fourth-order valence-corrected chi connectivity index (χ4v) is 2.50. The highest BCUT2D eigenvalue weighted by Gasteiger charge is 2.14. The average molecular weight is 318 g/mol. The monoisotopic (exact) mass is 317 g/mol. The van der Waals surface area contributed by atoms with Gasteiger partial charge in [0, 0.05) is 5.02 Å². The summed E-state index contributed by atoms with van der Waals surface area (Å²) in [5.74, 6) is 0.721. The highest BCUT2D eigenvalue weighted by Crippen LogP contribution is 2.30. The van der Waals surface area contributed by atoms with Crippen molar-refractivity contribution < 1.29 is 5.11 Å². The number of benzene rings is 2. The molecule has 21 heavy (non-hydrogen) atoms. The summed E-state index contributed by atoms with van der Waals surface area (Å²) < 4.78 is 2.21. The second-order valence-corrected chi connectivity index (χ2v) is 5.51. The molecule has 2 N–H and O–H groups in total. The summed E-state index contributed by atoms with van der Waals surface area (Å²) in [6.45, 7) is 1.92. The number of H-pyrrole nitrogens is 1. The molecular weight excluding hydrogens is 306 g/mol. The molecule has 1 aromatic heterocycles. The Balaban J connectivity index is 2.21. The van der Waals surface area contributed by atoms with Crippen LogP contribution in [-0.4, -0.2) is 19.9 Å². The number of aryl methyl sites for hydroxylation is 1. The molecule has 0 saturated carbocycles. The topological polar surface area (TPSA) is 53.8 Å². The van der Waals surface area contributed by atoms with Gasteiger partial charge in [-0.1, -0.05) is 17.7 Å². The fraction of sp³-hybridized carbons (Fsp3) is 0.0667. The second kappa shape index (κ2) is 5.35. The maximum Gasteiger partial charge on any atom is 0.200 e. The lowest BCUT2D eigenvalue weighted by atomic mass is 10.1. The summed E-state index contributed by atoms with van der Waals surface area (Å²) in [6.07, 6.45) is 0. The highest BCUT2D eigenvalue weighted by molar-refractivity contribution is 7.71. The van der Waals surface area contributed by atoms with Crippen LogP contribution in [0.5, 0.6) is 5.75 Å². The van der Waals surface area contributed by atoms with E-state index < -0.39 is 0 Å². The van der Waals surface area contributed by atoms with E-state index in [2.05, 4.69) is 10.2 Å². The van der Waals surface area contributed by atoms with E-state index in [4.69, 9.17) is 23.8 Å². The summed E-state index contributed by atoms with van der Waals surface area (Å²) in [5.41, 5.74) is 2.42. The van der Waals surface area contributed by atoms with Gasteiger partial charge in [0.1, 0.15) is 5.75 Å². The van der Waals surface area contributed by atoms with Crippen LogP contribution in [0.4, 0.5) is 0 Å². The Hall–Kier alpha value is -2.11. The van der Waals surface area contributed by atoms with E-state index in [9.17, 15) is 5.11 Å². The van der Waals surface area contributed by atoms with Crippen molar-refractivity contribution in [2.75, 3.05) is 0 Å². The number of hydrogen-bond donors (Lipinski definition) is 2. The summed E-state index contributed by atoms with van der Waals surface area (Å²) in [7, 11) is 0. The Kier molecular flexibility index (Phi) is 3.53. The number of aromatic hydroxyl groups is 1. The maximum atomic E-state index is 10.1. The molecule has 0 fully saturated rings. The first-order chi connectivity index (χ1) is 10.1. The van der Waals surface area contributed by atoms with Crippen LogP contribution in [0, 0.1) is 11.7 Å². The number of phenolic OH excluding ortho intramolecular Hbond substituents is 1. The van der Waals surface area contributed by atoms with Crippen molar-refractivity contribution in [3.8, 4) is 22.8 Å². The van der Waals surface area contributed by atoms with Gasteiger partial charge in [-0.25, -0.2) is 0 Å². The molecule has 2 aromatic carbocycles. The predicted octanol–water partition coefficient (Wildman–Crippen LogP) is 4.26. The molecule has 0 radical (unpaired) electrons. The molecule has 0 saturated heterocycles. The van der Waals surface area contributed by atoms with Gasteiger partial charge < -0.3 is 5.11 Å². The Morgan fingerprint density at radius 2 is 1.90 bits per heavy atom. The van der Waals surface area contributed by atoms with Gasteiger partial charge >= 0.3 is 0 Å². The summed E-state index contributed by atoms with van der Waals surface area (Å²) in [4.78, 5) is 0. The van der Waals surface area contributed by atoms with Gasteiger partial charge in [-0.3, -0.25) is 9.67 Å². The summed E-state index contributed by atoms with van der Waals surface area (Å²) >= 11 is 11.2. The first kappa shape index (κ1) is 13.9. The molecule has 0 aliphatic rings. The van der Waals surface area contributed by atoms with Crippen molar-refractivity contribution in [2.45, 2.75) is 6.92 Å². The molecule has 0 atom stereocenters. The molecule has 0 aliphatic heterocycles. The first-order valence-corrected chi connectivity index (χ1v) is 7.08. The van der Waals surface area contributed by atoms with Crippen LogP contribution < -0.4 is 0 Å². The van der Waals surface area contributed by atoms with E-state index in [0.717, 1.165) is 11.3 Å². The van der Waals surface area contributed by atoms with E-state index in [1.165, 1.54) is 0 Å². The minimum absolute atomic E-state index is 0.166.